The van der Waals surface area contributed by atoms with E-state index in [1.54, 1.807) is 37.4 Å². The van der Waals surface area contributed by atoms with Gasteiger partial charge in [0.2, 0.25) is 0 Å². The standard InChI is InChI=1S/C28H25NO5/c1-16-7-10-21(11-8-16)29-25(18-5-4-6-22(15-18)33-3)24(27(31)28(29)32)26(30)19-9-12-23-20(14-19)13-17(2)34-23/h4-12,14-15,17,25,30H,13H2,1-3H3/b26-24-. The summed E-state index contributed by atoms with van der Waals surface area (Å²) in [7, 11) is 1.56. The van der Waals surface area contributed by atoms with Gasteiger partial charge in [-0.15, -0.1) is 0 Å². The average molecular weight is 456 g/mol. The first-order valence-electron chi connectivity index (χ1n) is 11.2. The van der Waals surface area contributed by atoms with Gasteiger partial charge in [0.05, 0.1) is 18.7 Å². The van der Waals surface area contributed by atoms with Crippen LogP contribution in [0.3, 0.4) is 0 Å². The first-order valence-corrected chi connectivity index (χ1v) is 11.2. The van der Waals surface area contributed by atoms with E-state index in [-0.39, 0.29) is 17.4 Å². The maximum absolute atomic E-state index is 13.3. The van der Waals surface area contributed by atoms with E-state index >= 15 is 0 Å². The second kappa shape index (κ2) is 8.37. The first kappa shape index (κ1) is 21.8. The molecule has 5 rings (SSSR count). The van der Waals surface area contributed by atoms with Crippen molar-refractivity contribution >= 4 is 23.1 Å². The number of ether oxygens (including phenoxy) is 2. The summed E-state index contributed by atoms with van der Waals surface area (Å²) in [4.78, 5) is 28.1. The SMILES string of the molecule is COc1cccc(C2/C(=C(/O)c3ccc4c(c3)CC(C)O4)C(=O)C(=O)N2c2ccc(C)cc2)c1. The van der Waals surface area contributed by atoms with E-state index in [9.17, 15) is 14.7 Å². The Morgan fingerprint density at radius 3 is 2.56 bits per heavy atom. The number of benzene rings is 3. The Hall–Kier alpha value is -4.06. The molecule has 2 aliphatic heterocycles. The number of anilines is 1. The maximum atomic E-state index is 13.3. The molecule has 0 bridgehead atoms. The quantitative estimate of drug-likeness (QED) is 0.342. The lowest BCUT2D eigenvalue weighted by molar-refractivity contribution is -0.132. The van der Waals surface area contributed by atoms with Crippen molar-refractivity contribution in [2.24, 2.45) is 0 Å². The van der Waals surface area contributed by atoms with Crippen molar-refractivity contribution in [2.75, 3.05) is 12.0 Å². The number of amides is 1. The third-order valence-electron chi connectivity index (χ3n) is 6.34. The summed E-state index contributed by atoms with van der Waals surface area (Å²) >= 11 is 0. The molecule has 1 N–H and O–H groups in total. The van der Waals surface area contributed by atoms with Crippen LogP contribution in [0, 0.1) is 6.92 Å². The number of aliphatic hydroxyl groups excluding tert-OH is 1. The molecule has 0 spiro atoms. The van der Waals surface area contributed by atoms with Crippen LogP contribution in [0.25, 0.3) is 5.76 Å². The molecule has 2 atom stereocenters. The molecule has 2 heterocycles. The Morgan fingerprint density at radius 2 is 1.82 bits per heavy atom. The fourth-order valence-corrected chi connectivity index (χ4v) is 4.66. The Balaban J connectivity index is 1.69. The molecular formula is C28H25NO5. The van der Waals surface area contributed by atoms with Crippen LogP contribution in [0.2, 0.25) is 0 Å². The number of carbonyl (C=O) groups is 2. The highest BCUT2D eigenvalue weighted by Crippen LogP contribution is 2.43. The molecule has 6 nitrogen and oxygen atoms in total. The molecule has 0 aromatic heterocycles. The molecule has 1 amide bonds. The highest BCUT2D eigenvalue weighted by molar-refractivity contribution is 6.51. The molecule has 3 aromatic rings. The topological polar surface area (TPSA) is 76.1 Å². The number of aliphatic hydroxyl groups is 1. The smallest absolute Gasteiger partial charge is 0.300 e. The fourth-order valence-electron chi connectivity index (χ4n) is 4.66. The zero-order valence-electron chi connectivity index (χ0n) is 19.2. The van der Waals surface area contributed by atoms with Crippen molar-refractivity contribution in [3.05, 3.63) is 94.6 Å². The van der Waals surface area contributed by atoms with Gasteiger partial charge in [-0.1, -0.05) is 29.8 Å². The van der Waals surface area contributed by atoms with Crippen LogP contribution in [0.4, 0.5) is 5.69 Å². The number of aryl methyl sites for hydroxylation is 1. The molecule has 0 radical (unpaired) electrons. The van der Waals surface area contributed by atoms with Gasteiger partial charge < -0.3 is 14.6 Å². The van der Waals surface area contributed by atoms with Gasteiger partial charge in [-0.2, -0.15) is 0 Å². The van der Waals surface area contributed by atoms with Gasteiger partial charge in [0, 0.05) is 17.7 Å². The number of ketones is 1. The minimum atomic E-state index is -0.804. The lowest BCUT2D eigenvalue weighted by atomic mass is 9.94. The third-order valence-corrected chi connectivity index (χ3v) is 6.34. The molecule has 172 valence electrons. The Bertz CT molecular complexity index is 1320. The third kappa shape index (κ3) is 3.61. The summed E-state index contributed by atoms with van der Waals surface area (Å²) in [5.74, 6) is -0.250. The number of nitrogens with zero attached hydrogens (tertiary/aromatic N) is 1. The van der Waals surface area contributed by atoms with Crippen molar-refractivity contribution in [1.29, 1.82) is 0 Å². The number of hydrogen-bond acceptors (Lipinski definition) is 5. The predicted molar refractivity (Wildman–Crippen MR) is 129 cm³/mol. The number of carbonyl (C=O) groups excluding carboxylic acids is 2. The van der Waals surface area contributed by atoms with Gasteiger partial charge in [-0.25, -0.2) is 0 Å². The fraction of sp³-hybridized carbons (Fsp3) is 0.214. The van der Waals surface area contributed by atoms with E-state index in [0.717, 1.165) is 16.9 Å². The van der Waals surface area contributed by atoms with Crippen LogP contribution in [-0.2, 0) is 16.0 Å². The minimum Gasteiger partial charge on any atom is -0.507 e. The second-order valence-electron chi connectivity index (χ2n) is 8.74. The van der Waals surface area contributed by atoms with Gasteiger partial charge in [-0.05, 0) is 67.4 Å². The van der Waals surface area contributed by atoms with Crippen molar-refractivity contribution in [1.82, 2.24) is 0 Å². The van der Waals surface area contributed by atoms with E-state index < -0.39 is 17.7 Å². The normalized spacial score (nSPS) is 20.9. The molecular weight excluding hydrogens is 430 g/mol. The summed E-state index contributed by atoms with van der Waals surface area (Å²) in [5.41, 5.74) is 3.77. The highest BCUT2D eigenvalue weighted by Gasteiger charge is 2.47. The number of rotatable bonds is 4. The summed E-state index contributed by atoms with van der Waals surface area (Å²) in [6, 6.07) is 19.1. The van der Waals surface area contributed by atoms with Crippen LogP contribution in [-0.4, -0.2) is 30.0 Å². The van der Waals surface area contributed by atoms with Crippen molar-refractivity contribution in [3.63, 3.8) is 0 Å². The van der Waals surface area contributed by atoms with Crippen molar-refractivity contribution in [3.8, 4) is 11.5 Å². The Labute approximate surface area is 198 Å². The monoisotopic (exact) mass is 455 g/mol. The number of Topliss-reactive ketones (excluding diaryl/α,β-unsaturated/α-hetero) is 1. The first-order chi connectivity index (χ1) is 16.4. The molecule has 0 saturated carbocycles. The van der Waals surface area contributed by atoms with E-state index in [1.165, 1.54) is 4.90 Å². The van der Waals surface area contributed by atoms with E-state index in [0.29, 0.717) is 29.0 Å². The lowest BCUT2D eigenvalue weighted by Gasteiger charge is -2.26. The molecule has 2 aliphatic rings. The van der Waals surface area contributed by atoms with E-state index in [2.05, 4.69) is 0 Å². The summed E-state index contributed by atoms with van der Waals surface area (Å²) < 4.78 is 11.1. The average Bonchev–Trinajstić information content (AvgIpc) is 3.34. The molecule has 3 aromatic carbocycles. The number of fused-ring (bicyclic) bond motifs is 1. The van der Waals surface area contributed by atoms with Gasteiger partial charge in [0.1, 0.15) is 23.4 Å². The van der Waals surface area contributed by atoms with Gasteiger partial charge in [-0.3, -0.25) is 14.5 Å². The number of methoxy groups -OCH3 is 1. The zero-order valence-corrected chi connectivity index (χ0v) is 19.2. The van der Waals surface area contributed by atoms with E-state index in [4.69, 9.17) is 9.47 Å². The van der Waals surface area contributed by atoms with Crippen LogP contribution in [0.1, 0.15) is 35.2 Å². The van der Waals surface area contributed by atoms with Crippen molar-refractivity contribution in [2.45, 2.75) is 32.4 Å². The van der Waals surface area contributed by atoms with Crippen LogP contribution < -0.4 is 14.4 Å². The maximum Gasteiger partial charge on any atom is 0.300 e. The van der Waals surface area contributed by atoms with Gasteiger partial charge in [0.15, 0.2) is 0 Å². The minimum absolute atomic E-state index is 0.0470. The largest absolute Gasteiger partial charge is 0.507 e. The number of hydrogen-bond donors (Lipinski definition) is 1. The Kier molecular flexibility index (Phi) is 5.36. The highest BCUT2D eigenvalue weighted by atomic mass is 16.5. The zero-order chi connectivity index (χ0) is 24.0. The van der Waals surface area contributed by atoms with E-state index in [1.807, 2.05) is 50.2 Å². The molecule has 2 unspecified atom stereocenters. The van der Waals surface area contributed by atoms with Crippen molar-refractivity contribution < 1.29 is 24.2 Å². The molecule has 34 heavy (non-hydrogen) atoms. The van der Waals surface area contributed by atoms with Crippen LogP contribution >= 0.6 is 0 Å². The summed E-state index contributed by atoms with van der Waals surface area (Å²) in [5, 5.41) is 11.4. The molecule has 1 fully saturated rings. The molecule has 6 heteroatoms. The molecule has 0 aliphatic carbocycles. The summed E-state index contributed by atoms with van der Waals surface area (Å²) in [6.07, 6.45) is 0.768. The second-order valence-corrected chi connectivity index (χ2v) is 8.74. The predicted octanol–water partition coefficient (Wildman–Crippen LogP) is 4.95. The summed E-state index contributed by atoms with van der Waals surface area (Å²) in [6.45, 7) is 3.94. The Morgan fingerprint density at radius 1 is 1.06 bits per heavy atom. The lowest BCUT2D eigenvalue weighted by Crippen LogP contribution is -2.29. The van der Waals surface area contributed by atoms with Gasteiger partial charge in [0.25, 0.3) is 11.7 Å². The molecule has 1 saturated heterocycles. The van der Waals surface area contributed by atoms with Gasteiger partial charge >= 0.3 is 0 Å². The van der Waals surface area contributed by atoms with Crippen LogP contribution in [0.15, 0.2) is 72.3 Å². The van der Waals surface area contributed by atoms with Crippen LogP contribution in [0.5, 0.6) is 11.5 Å².